The first kappa shape index (κ1) is 12.5. The fourth-order valence-electron chi connectivity index (χ4n) is 1.76. The first-order valence-electron chi connectivity index (χ1n) is 5.91. The van der Waals surface area contributed by atoms with Crippen molar-refractivity contribution < 1.29 is 14.2 Å². The number of nitrogens with one attached hydrogen (secondary N) is 1. The first-order valence-corrected chi connectivity index (χ1v) is 5.91. The molecule has 1 aromatic rings. The lowest BCUT2D eigenvalue weighted by atomic mass is 10.1. The highest BCUT2D eigenvalue weighted by molar-refractivity contribution is 5.52. The zero-order valence-electron chi connectivity index (χ0n) is 10.5. The van der Waals surface area contributed by atoms with Crippen LogP contribution < -0.4 is 19.5 Å². The minimum absolute atomic E-state index is 0.229. The molecule has 0 fully saturated rings. The fraction of sp³-hybridized carbons (Fsp3) is 0.462. The Balaban J connectivity index is 2.29. The maximum atomic E-state index is 8.95. The maximum absolute atomic E-state index is 8.95. The summed E-state index contributed by atoms with van der Waals surface area (Å²) in [5.41, 5.74) is 0.954. The number of rotatable bonds is 5. The normalized spacial score (nSPS) is 14.1. The van der Waals surface area contributed by atoms with Gasteiger partial charge in [0.05, 0.1) is 0 Å². The molecule has 0 radical (unpaired) electrons. The third-order valence-electron chi connectivity index (χ3n) is 2.71. The van der Waals surface area contributed by atoms with Gasteiger partial charge in [0.1, 0.15) is 11.8 Å². The Bertz CT molecular complexity index is 468. The molecule has 1 aliphatic heterocycles. The lowest BCUT2D eigenvalue weighted by molar-refractivity contribution is 0.173. The van der Waals surface area contributed by atoms with Crippen molar-refractivity contribution in [1.82, 2.24) is 5.32 Å². The van der Waals surface area contributed by atoms with Crippen LogP contribution in [0.5, 0.6) is 17.2 Å². The number of hydrogen-bond donors (Lipinski definition) is 1. The van der Waals surface area contributed by atoms with Crippen LogP contribution in [0, 0.1) is 11.3 Å². The molecule has 0 amide bonds. The second-order valence-corrected chi connectivity index (χ2v) is 3.99. The summed E-state index contributed by atoms with van der Waals surface area (Å²) in [7, 11) is 1.86. The van der Waals surface area contributed by atoms with E-state index in [1.165, 1.54) is 0 Å². The van der Waals surface area contributed by atoms with Crippen LogP contribution in [0.15, 0.2) is 12.1 Å². The van der Waals surface area contributed by atoms with E-state index in [0.29, 0.717) is 24.5 Å². The molecule has 1 N–H and O–H groups in total. The predicted molar refractivity (Wildman–Crippen MR) is 65.6 cm³/mol. The third-order valence-corrected chi connectivity index (χ3v) is 2.71. The Labute approximate surface area is 106 Å². The SMILES string of the molecule is CCC(C#N)Oc1cc2c(cc1CNC)OCO2. The van der Waals surface area contributed by atoms with Gasteiger partial charge >= 0.3 is 0 Å². The van der Waals surface area contributed by atoms with E-state index in [2.05, 4.69) is 11.4 Å². The summed E-state index contributed by atoms with van der Waals surface area (Å²) in [4.78, 5) is 0. The van der Waals surface area contributed by atoms with Gasteiger partial charge in [0.15, 0.2) is 17.6 Å². The van der Waals surface area contributed by atoms with Gasteiger partial charge in [0.2, 0.25) is 6.79 Å². The van der Waals surface area contributed by atoms with Crippen LogP contribution in [0.2, 0.25) is 0 Å². The van der Waals surface area contributed by atoms with Gasteiger partial charge in [-0.05, 0) is 19.5 Å². The van der Waals surface area contributed by atoms with Crippen molar-refractivity contribution >= 4 is 0 Å². The molecule has 0 spiro atoms. The van der Waals surface area contributed by atoms with Crippen molar-refractivity contribution in [2.75, 3.05) is 13.8 Å². The average Bonchev–Trinajstić information content (AvgIpc) is 2.83. The number of nitriles is 1. The Morgan fingerprint density at radius 2 is 2.17 bits per heavy atom. The van der Waals surface area contributed by atoms with E-state index in [-0.39, 0.29) is 6.79 Å². The van der Waals surface area contributed by atoms with Crippen molar-refractivity contribution in [2.24, 2.45) is 0 Å². The van der Waals surface area contributed by atoms with Crippen LogP contribution in [0.25, 0.3) is 0 Å². The van der Waals surface area contributed by atoms with E-state index in [1.807, 2.05) is 20.0 Å². The first-order chi connectivity index (χ1) is 8.78. The molecule has 1 heterocycles. The van der Waals surface area contributed by atoms with Crippen LogP contribution in [0.4, 0.5) is 0 Å². The molecule has 0 bridgehead atoms. The zero-order chi connectivity index (χ0) is 13.0. The van der Waals surface area contributed by atoms with Crippen molar-refractivity contribution in [3.8, 4) is 23.3 Å². The molecule has 2 rings (SSSR count). The van der Waals surface area contributed by atoms with E-state index in [0.717, 1.165) is 11.3 Å². The largest absolute Gasteiger partial charge is 0.475 e. The molecule has 1 unspecified atom stereocenters. The molecule has 1 aromatic carbocycles. The molecule has 0 aliphatic carbocycles. The van der Waals surface area contributed by atoms with Crippen molar-refractivity contribution in [3.63, 3.8) is 0 Å². The van der Waals surface area contributed by atoms with Crippen molar-refractivity contribution in [1.29, 1.82) is 5.26 Å². The maximum Gasteiger partial charge on any atom is 0.231 e. The van der Waals surface area contributed by atoms with E-state index >= 15 is 0 Å². The molecule has 18 heavy (non-hydrogen) atoms. The number of hydrogen-bond acceptors (Lipinski definition) is 5. The van der Waals surface area contributed by atoms with Crippen molar-refractivity contribution in [3.05, 3.63) is 17.7 Å². The molecule has 5 heteroatoms. The van der Waals surface area contributed by atoms with Crippen LogP contribution in [0.3, 0.4) is 0 Å². The van der Waals surface area contributed by atoms with E-state index < -0.39 is 6.10 Å². The van der Waals surface area contributed by atoms with E-state index in [4.69, 9.17) is 19.5 Å². The summed E-state index contributed by atoms with van der Waals surface area (Å²) < 4.78 is 16.3. The quantitative estimate of drug-likeness (QED) is 0.861. The fourth-order valence-corrected chi connectivity index (χ4v) is 1.76. The molecule has 96 valence electrons. The highest BCUT2D eigenvalue weighted by Gasteiger charge is 2.19. The van der Waals surface area contributed by atoms with Gasteiger partial charge in [-0.1, -0.05) is 6.92 Å². The Morgan fingerprint density at radius 1 is 1.44 bits per heavy atom. The molecule has 1 aliphatic rings. The summed E-state index contributed by atoms with van der Waals surface area (Å²) in [6.45, 7) is 2.79. The van der Waals surface area contributed by atoms with E-state index in [1.54, 1.807) is 6.07 Å². The molecule has 0 aromatic heterocycles. The van der Waals surface area contributed by atoms with Crippen LogP contribution >= 0.6 is 0 Å². The summed E-state index contributed by atoms with van der Waals surface area (Å²) in [5.74, 6) is 2.05. The highest BCUT2D eigenvalue weighted by atomic mass is 16.7. The number of ether oxygens (including phenoxy) is 3. The summed E-state index contributed by atoms with van der Waals surface area (Å²) in [5, 5.41) is 12.0. The average molecular weight is 248 g/mol. The molecular weight excluding hydrogens is 232 g/mol. The molecular formula is C13H16N2O3. The van der Waals surface area contributed by atoms with Crippen LogP contribution in [-0.2, 0) is 6.54 Å². The van der Waals surface area contributed by atoms with E-state index in [9.17, 15) is 0 Å². The number of benzene rings is 1. The van der Waals surface area contributed by atoms with Gasteiger partial charge < -0.3 is 19.5 Å². The molecule has 1 atom stereocenters. The topological polar surface area (TPSA) is 63.5 Å². The van der Waals surface area contributed by atoms with Gasteiger partial charge in [-0.25, -0.2) is 0 Å². The second-order valence-electron chi connectivity index (χ2n) is 3.99. The van der Waals surface area contributed by atoms with Crippen molar-refractivity contribution in [2.45, 2.75) is 26.0 Å². The smallest absolute Gasteiger partial charge is 0.231 e. The van der Waals surface area contributed by atoms with Crippen LogP contribution in [0.1, 0.15) is 18.9 Å². The molecule has 5 nitrogen and oxygen atoms in total. The van der Waals surface area contributed by atoms with Gasteiger partial charge in [-0.2, -0.15) is 5.26 Å². The summed E-state index contributed by atoms with van der Waals surface area (Å²) >= 11 is 0. The van der Waals surface area contributed by atoms with Gasteiger partial charge in [-0.15, -0.1) is 0 Å². The highest BCUT2D eigenvalue weighted by Crippen LogP contribution is 2.38. The zero-order valence-corrected chi connectivity index (χ0v) is 10.5. The molecule has 0 saturated carbocycles. The Morgan fingerprint density at radius 3 is 2.78 bits per heavy atom. The second kappa shape index (κ2) is 5.61. The summed E-state index contributed by atoms with van der Waals surface area (Å²) in [6, 6.07) is 5.80. The van der Waals surface area contributed by atoms with Gasteiger partial charge in [0.25, 0.3) is 0 Å². The third kappa shape index (κ3) is 2.49. The van der Waals surface area contributed by atoms with Gasteiger partial charge in [-0.3, -0.25) is 0 Å². The number of nitrogens with zero attached hydrogens (tertiary/aromatic N) is 1. The standard InChI is InChI=1S/C13H16N2O3/c1-3-10(6-14)18-11-5-13-12(16-8-17-13)4-9(11)7-15-2/h4-5,10,15H,3,7-8H2,1-2H3. The minimum atomic E-state index is -0.444. The monoisotopic (exact) mass is 248 g/mol. The predicted octanol–water partition coefficient (Wildman–Crippen LogP) is 1.82. The van der Waals surface area contributed by atoms with Gasteiger partial charge in [0, 0.05) is 18.2 Å². The lowest BCUT2D eigenvalue weighted by Crippen LogP contribution is -2.15. The Kier molecular flexibility index (Phi) is 3.90. The van der Waals surface area contributed by atoms with Crippen LogP contribution in [-0.4, -0.2) is 19.9 Å². The Hall–Kier alpha value is -1.93. The molecule has 0 saturated heterocycles. The lowest BCUT2D eigenvalue weighted by Gasteiger charge is -2.15. The minimum Gasteiger partial charge on any atom is -0.475 e. The number of fused-ring (bicyclic) bond motifs is 1. The summed E-state index contributed by atoms with van der Waals surface area (Å²) in [6.07, 6.45) is 0.199.